The predicted octanol–water partition coefficient (Wildman–Crippen LogP) is 1.14. The molecular weight excluding hydrogens is 192 g/mol. The van der Waals surface area contributed by atoms with Crippen molar-refractivity contribution in [1.82, 2.24) is 0 Å². The maximum Gasteiger partial charge on any atom is 0.141 e. The summed E-state index contributed by atoms with van der Waals surface area (Å²) in [6.07, 6.45) is 0. The molecule has 0 aliphatic heterocycles. The summed E-state index contributed by atoms with van der Waals surface area (Å²) in [5.74, 6) is 0.686. The Hall–Kier alpha value is -1.26. The largest absolute Gasteiger partial charge is 0.495 e. The van der Waals surface area contributed by atoms with Crippen LogP contribution in [0, 0.1) is 0 Å². The van der Waals surface area contributed by atoms with Gasteiger partial charge in [0.05, 0.1) is 26.0 Å². The van der Waals surface area contributed by atoms with Gasteiger partial charge in [0.15, 0.2) is 0 Å². The highest BCUT2D eigenvalue weighted by Gasteiger charge is 2.01. The molecular formula is C11H18N2O2. The second-order valence-corrected chi connectivity index (χ2v) is 3.57. The normalized spacial score (nSPS) is 12.5. The van der Waals surface area contributed by atoms with Gasteiger partial charge in [0.2, 0.25) is 0 Å². The van der Waals surface area contributed by atoms with Crippen LogP contribution in [-0.2, 0) is 11.3 Å². The zero-order valence-electron chi connectivity index (χ0n) is 9.19. The van der Waals surface area contributed by atoms with E-state index in [1.165, 1.54) is 0 Å². The average molecular weight is 210 g/mol. The van der Waals surface area contributed by atoms with Crippen LogP contribution < -0.4 is 16.2 Å². The van der Waals surface area contributed by atoms with Gasteiger partial charge in [0.1, 0.15) is 5.75 Å². The van der Waals surface area contributed by atoms with E-state index in [9.17, 15) is 0 Å². The zero-order valence-corrected chi connectivity index (χ0v) is 9.19. The van der Waals surface area contributed by atoms with Crippen LogP contribution in [0.4, 0.5) is 5.69 Å². The van der Waals surface area contributed by atoms with Crippen LogP contribution >= 0.6 is 0 Å². The van der Waals surface area contributed by atoms with Crippen LogP contribution in [0.1, 0.15) is 12.5 Å². The van der Waals surface area contributed by atoms with Crippen LogP contribution in [0.2, 0.25) is 0 Å². The first-order valence-electron chi connectivity index (χ1n) is 4.89. The standard InChI is InChI=1S/C11H18N2O2/c1-8(12)6-15-7-9-3-4-11(14-2)10(13)5-9/h3-5,8H,6-7,12-13H2,1-2H3/t8-/m0/s1. The van der Waals surface area contributed by atoms with E-state index in [-0.39, 0.29) is 6.04 Å². The van der Waals surface area contributed by atoms with E-state index < -0.39 is 0 Å². The van der Waals surface area contributed by atoms with Crippen LogP contribution in [0.15, 0.2) is 18.2 Å². The molecule has 15 heavy (non-hydrogen) atoms. The SMILES string of the molecule is COc1ccc(COC[C@H](C)N)cc1N. The number of ether oxygens (including phenoxy) is 2. The second kappa shape index (κ2) is 5.58. The van der Waals surface area contributed by atoms with E-state index in [0.29, 0.717) is 24.7 Å². The van der Waals surface area contributed by atoms with Gasteiger partial charge in [-0.05, 0) is 24.6 Å². The molecule has 0 amide bonds. The molecule has 1 rings (SSSR count). The lowest BCUT2D eigenvalue weighted by atomic mass is 10.2. The van der Waals surface area contributed by atoms with E-state index >= 15 is 0 Å². The highest BCUT2D eigenvalue weighted by atomic mass is 16.5. The fraction of sp³-hybridized carbons (Fsp3) is 0.455. The maximum absolute atomic E-state index is 5.76. The van der Waals surface area contributed by atoms with Crippen LogP contribution in [0.3, 0.4) is 0 Å². The lowest BCUT2D eigenvalue weighted by Gasteiger charge is -2.09. The minimum Gasteiger partial charge on any atom is -0.495 e. The molecule has 1 atom stereocenters. The molecule has 84 valence electrons. The van der Waals surface area contributed by atoms with Crippen molar-refractivity contribution in [2.24, 2.45) is 5.73 Å². The molecule has 1 aromatic rings. The molecule has 4 nitrogen and oxygen atoms in total. The smallest absolute Gasteiger partial charge is 0.141 e. The topological polar surface area (TPSA) is 70.5 Å². The van der Waals surface area contributed by atoms with Crippen molar-refractivity contribution in [3.8, 4) is 5.75 Å². The van der Waals surface area contributed by atoms with Gasteiger partial charge in [-0.1, -0.05) is 6.07 Å². The van der Waals surface area contributed by atoms with Crippen molar-refractivity contribution in [2.75, 3.05) is 19.5 Å². The summed E-state index contributed by atoms with van der Waals surface area (Å²) in [5, 5.41) is 0. The summed E-state index contributed by atoms with van der Waals surface area (Å²) in [5.41, 5.74) is 13.0. The van der Waals surface area contributed by atoms with Crippen molar-refractivity contribution in [1.29, 1.82) is 0 Å². The Morgan fingerprint density at radius 1 is 1.40 bits per heavy atom. The Labute approximate surface area is 90.2 Å². The third-order valence-electron chi connectivity index (χ3n) is 1.94. The Kier molecular flexibility index (Phi) is 4.39. The molecule has 0 aliphatic rings. The molecule has 0 radical (unpaired) electrons. The van der Waals surface area contributed by atoms with Gasteiger partial charge < -0.3 is 20.9 Å². The molecule has 0 heterocycles. The maximum atomic E-state index is 5.76. The van der Waals surface area contributed by atoms with E-state index in [1.807, 2.05) is 25.1 Å². The number of nitrogens with two attached hydrogens (primary N) is 2. The van der Waals surface area contributed by atoms with Gasteiger partial charge in [-0.2, -0.15) is 0 Å². The van der Waals surface area contributed by atoms with Gasteiger partial charge in [-0.3, -0.25) is 0 Å². The summed E-state index contributed by atoms with van der Waals surface area (Å²) in [6.45, 7) is 2.98. The minimum atomic E-state index is 0.0561. The van der Waals surface area contributed by atoms with Crippen molar-refractivity contribution in [3.63, 3.8) is 0 Å². The first-order chi connectivity index (χ1) is 7.13. The number of hydrogen-bond donors (Lipinski definition) is 2. The van der Waals surface area contributed by atoms with Gasteiger partial charge in [0, 0.05) is 6.04 Å². The molecule has 1 aromatic carbocycles. The minimum absolute atomic E-state index is 0.0561. The quantitative estimate of drug-likeness (QED) is 0.715. The highest BCUT2D eigenvalue weighted by Crippen LogP contribution is 2.22. The lowest BCUT2D eigenvalue weighted by Crippen LogP contribution is -2.21. The summed E-state index contributed by atoms with van der Waals surface area (Å²) in [4.78, 5) is 0. The van der Waals surface area contributed by atoms with Crippen molar-refractivity contribution in [2.45, 2.75) is 19.6 Å². The lowest BCUT2D eigenvalue weighted by molar-refractivity contribution is 0.111. The fourth-order valence-electron chi connectivity index (χ4n) is 1.24. The third-order valence-corrected chi connectivity index (χ3v) is 1.94. The van der Waals surface area contributed by atoms with E-state index in [4.69, 9.17) is 20.9 Å². The highest BCUT2D eigenvalue weighted by molar-refractivity contribution is 5.54. The number of nitrogen functional groups attached to an aromatic ring is 1. The number of anilines is 1. The Bertz CT molecular complexity index is 313. The molecule has 0 aromatic heterocycles. The van der Waals surface area contributed by atoms with Crippen LogP contribution in [-0.4, -0.2) is 19.8 Å². The first kappa shape index (κ1) is 11.8. The summed E-state index contributed by atoms with van der Waals surface area (Å²) >= 11 is 0. The van der Waals surface area contributed by atoms with Crippen molar-refractivity contribution < 1.29 is 9.47 Å². The summed E-state index contributed by atoms with van der Waals surface area (Å²) < 4.78 is 10.4. The number of hydrogen-bond acceptors (Lipinski definition) is 4. The third kappa shape index (κ3) is 3.77. The Morgan fingerprint density at radius 3 is 2.67 bits per heavy atom. The molecule has 0 spiro atoms. The van der Waals surface area contributed by atoms with Crippen molar-refractivity contribution in [3.05, 3.63) is 23.8 Å². The Balaban J connectivity index is 2.52. The van der Waals surface area contributed by atoms with Crippen molar-refractivity contribution >= 4 is 5.69 Å². The molecule has 4 heteroatoms. The first-order valence-corrected chi connectivity index (χ1v) is 4.89. The van der Waals surface area contributed by atoms with E-state index in [2.05, 4.69) is 0 Å². The van der Waals surface area contributed by atoms with Gasteiger partial charge in [-0.25, -0.2) is 0 Å². The van der Waals surface area contributed by atoms with Gasteiger partial charge in [0.25, 0.3) is 0 Å². The van der Waals surface area contributed by atoms with Gasteiger partial charge in [-0.15, -0.1) is 0 Å². The number of benzene rings is 1. The predicted molar refractivity (Wildman–Crippen MR) is 60.7 cm³/mol. The van der Waals surface area contributed by atoms with E-state index in [1.54, 1.807) is 7.11 Å². The average Bonchev–Trinajstić information content (AvgIpc) is 2.17. The summed E-state index contributed by atoms with van der Waals surface area (Å²) in [6, 6.07) is 5.66. The molecule has 4 N–H and O–H groups in total. The van der Waals surface area contributed by atoms with Crippen LogP contribution in [0.5, 0.6) is 5.75 Å². The molecule has 0 unspecified atom stereocenters. The molecule has 0 bridgehead atoms. The van der Waals surface area contributed by atoms with Gasteiger partial charge >= 0.3 is 0 Å². The van der Waals surface area contributed by atoms with Crippen LogP contribution in [0.25, 0.3) is 0 Å². The number of methoxy groups -OCH3 is 1. The molecule has 0 aliphatic carbocycles. The number of rotatable bonds is 5. The fourth-order valence-corrected chi connectivity index (χ4v) is 1.24. The van der Waals surface area contributed by atoms with E-state index in [0.717, 1.165) is 5.56 Å². The monoisotopic (exact) mass is 210 g/mol. The molecule has 0 saturated carbocycles. The zero-order chi connectivity index (χ0) is 11.3. The Morgan fingerprint density at radius 2 is 2.13 bits per heavy atom. The second-order valence-electron chi connectivity index (χ2n) is 3.57. The summed E-state index contributed by atoms with van der Waals surface area (Å²) in [7, 11) is 1.60. The molecule has 0 saturated heterocycles. The molecule has 0 fully saturated rings.